The summed E-state index contributed by atoms with van der Waals surface area (Å²) in [5.41, 5.74) is 3.61. The number of para-hydroxylation sites is 1. The van der Waals surface area contributed by atoms with Crippen molar-refractivity contribution in [2.75, 3.05) is 5.43 Å². The molecule has 0 aliphatic rings. The first-order valence-electron chi connectivity index (χ1n) is 5.91. The monoisotopic (exact) mass is 298 g/mol. The van der Waals surface area contributed by atoms with Crippen molar-refractivity contribution in [2.45, 2.75) is 16.9 Å². The van der Waals surface area contributed by atoms with Crippen molar-refractivity contribution in [3.8, 4) is 0 Å². The normalized spacial score (nSPS) is 11.3. The third-order valence-electron chi connectivity index (χ3n) is 2.46. The average Bonchev–Trinajstić information content (AvgIpc) is 2.40. The van der Waals surface area contributed by atoms with Gasteiger partial charge in [-0.1, -0.05) is 30.3 Å². The Hall–Kier alpha value is -1.66. The molecule has 0 saturated heterocycles. The molecule has 2 N–H and O–H groups in total. The van der Waals surface area contributed by atoms with Gasteiger partial charge < -0.3 is 5.43 Å². The first-order chi connectivity index (χ1) is 9.53. The van der Waals surface area contributed by atoms with E-state index in [0.29, 0.717) is 6.54 Å². The Morgan fingerprint density at radius 3 is 2.15 bits per heavy atom. The van der Waals surface area contributed by atoms with Gasteiger partial charge in [0.2, 0.25) is 0 Å². The van der Waals surface area contributed by atoms with Crippen molar-refractivity contribution in [2.24, 2.45) is 0 Å². The van der Waals surface area contributed by atoms with Crippen LogP contribution < -0.4 is 10.9 Å². The van der Waals surface area contributed by atoms with Crippen LogP contribution in [0, 0.1) is 0 Å². The van der Waals surface area contributed by atoms with Gasteiger partial charge in [-0.25, -0.2) is 5.43 Å². The number of halogens is 3. The van der Waals surface area contributed by atoms with Crippen LogP contribution in [0.4, 0.5) is 18.9 Å². The summed E-state index contributed by atoms with van der Waals surface area (Å²) in [4.78, 5) is 0.192. The first-order valence-corrected chi connectivity index (χ1v) is 6.73. The average molecular weight is 298 g/mol. The molecule has 0 aliphatic heterocycles. The van der Waals surface area contributed by atoms with Gasteiger partial charge in [0.15, 0.2) is 0 Å². The Kier molecular flexibility index (Phi) is 4.92. The number of hydrazine groups is 1. The summed E-state index contributed by atoms with van der Waals surface area (Å²) in [5, 5.41) is 0. The molecule has 6 heteroatoms. The van der Waals surface area contributed by atoms with Crippen LogP contribution in [0.2, 0.25) is 0 Å². The van der Waals surface area contributed by atoms with Gasteiger partial charge in [-0.3, -0.25) is 0 Å². The molecular weight excluding hydrogens is 285 g/mol. The lowest BCUT2D eigenvalue weighted by Gasteiger charge is -2.09. The van der Waals surface area contributed by atoms with Crippen LogP contribution in [0.25, 0.3) is 0 Å². The number of alkyl halides is 3. The lowest BCUT2D eigenvalue weighted by molar-refractivity contribution is -0.0328. The molecule has 0 unspecified atom stereocenters. The third-order valence-corrected chi connectivity index (χ3v) is 3.20. The number of thioether (sulfide) groups is 1. The molecule has 2 aromatic rings. The Labute approximate surface area is 119 Å². The molecule has 20 heavy (non-hydrogen) atoms. The van der Waals surface area contributed by atoms with Gasteiger partial charge in [0.05, 0.1) is 0 Å². The van der Waals surface area contributed by atoms with E-state index in [2.05, 4.69) is 10.9 Å². The molecule has 2 rings (SSSR count). The maximum atomic E-state index is 12.2. The largest absolute Gasteiger partial charge is 0.446 e. The summed E-state index contributed by atoms with van der Waals surface area (Å²) < 4.78 is 36.5. The van der Waals surface area contributed by atoms with Crippen molar-refractivity contribution >= 4 is 17.4 Å². The topological polar surface area (TPSA) is 24.1 Å². The van der Waals surface area contributed by atoms with Crippen LogP contribution in [0.5, 0.6) is 0 Å². The predicted molar refractivity (Wildman–Crippen MR) is 75.3 cm³/mol. The lowest BCUT2D eigenvalue weighted by Crippen LogP contribution is -2.20. The molecule has 0 spiro atoms. The second-order valence-electron chi connectivity index (χ2n) is 4.04. The van der Waals surface area contributed by atoms with Gasteiger partial charge in [0, 0.05) is 17.1 Å². The van der Waals surface area contributed by atoms with Gasteiger partial charge in [-0.05, 0) is 41.6 Å². The molecular formula is C14H13F3N2S. The highest BCUT2D eigenvalue weighted by Gasteiger charge is 2.28. The number of hydrogen-bond acceptors (Lipinski definition) is 3. The summed E-state index contributed by atoms with van der Waals surface area (Å²) in [5.74, 6) is 0. The van der Waals surface area contributed by atoms with E-state index >= 15 is 0 Å². The molecule has 0 amide bonds. The molecule has 0 aromatic heterocycles. The van der Waals surface area contributed by atoms with E-state index in [9.17, 15) is 13.2 Å². The van der Waals surface area contributed by atoms with Crippen LogP contribution in [0.3, 0.4) is 0 Å². The van der Waals surface area contributed by atoms with E-state index in [-0.39, 0.29) is 16.7 Å². The highest BCUT2D eigenvalue weighted by atomic mass is 32.2. The minimum absolute atomic E-state index is 0.106. The summed E-state index contributed by atoms with van der Waals surface area (Å²) in [7, 11) is 0. The number of hydrogen-bond donors (Lipinski definition) is 2. The van der Waals surface area contributed by atoms with E-state index in [0.717, 1.165) is 11.3 Å². The summed E-state index contributed by atoms with van der Waals surface area (Å²) in [6, 6.07) is 15.9. The van der Waals surface area contributed by atoms with E-state index in [1.807, 2.05) is 30.3 Å². The second-order valence-corrected chi connectivity index (χ2v) is 5.17. The van der Waals surface area contributed by atoms with Crippen LogP contribution in [-0.4, -0.2) is 5.51 Å². The number of nitrogens with one attached hydrogen (secondary N) is 2. The van der Waals surface area contributed by atoms with Crippen LogP contribution in [0.15, 0.2) is 59.5 Å². The van der Waals surface area contributed by atoms with Gasteiger partial charge in [0.25, 0.3) is 0 Å². The third kappa shape index (κ3) is 5.14. The molecule has 0 aliphatic carbocycles. The number of rotatable bonds is 5. The summed E-state index contributed by atoms with van der Waals surface area (Å²) in [6.07, 6.45) is 0. The predicted octanol–water partition coefficient (Wildman–Crippen LogP) is 4.42. The summed E-state index contributed by atoms with van der Waals surface area (Å²) >= 11 is -0.106. The SMILES string of the molecule is FC(F)(F)Sc1ccc(CNNc2ccccc2)cc1. The molecule has 0 atom stereocenters. The maximum absolute atomic E-state index is 12.2. The minimum atomic E-state index is -4.24. The highest BCUT2D eigenvalue weighted by Crippen LogP contribution is 2.36. The smallest absolute Gasteiger partial charge is 0.321 e. The molecule has 0 saturated carbocycles. The van der Waals surface area contributed by atoms with Crippen LogP contribution in [-0.2, 0) is 6.54 Å². The van der Waals surface area contributed by atoms with Crippen LogP contribution >= 0.6 is 11.8 Å². The van der Waals surface area contributed by atoms with Crippen molar-refractivity contribution < 1.29 is 13.2 Å². The van der Waals surface area contributed by atoms with E-state index in [4.69, 9.17) is 0 Å². The van der Waals surface area contributed by atoms with Crippen molar-refractivity contribution in [3.63, 3.8) is 0 Å². The number of anilines is 1. The highest BCUT2D eigenvalue weighted by molar-refractivity contribution is 8.00. The van der Waals surface area contributed by atoms with E-state index in [1.54, 1.807) is 12.1 Å². The van der Waals surface area contributed by atoms with Crippen molar-refractivity contribution in [1.82, 2.24) is 5.43 Å². The zero-order valence-electron chi connectivity index (χ0n) is 10.4. The molecule has 0 radical (unpaired) electrons. The first kappa shape index (κ1) is 14.7. The molecule has 106 valence electrons. The maximum Gasteiger partial charge on any atom is 0.446 e. The molecule has 0 bridgehead atoms. The van der Waals surface area contributed by atoms with Gasteiger partial charge in [0.1, 0.15) is 0 Å². The fraction of sp³-hybridized carbons (Fsp3) is 0.143. The van der Waals surface area contributed by atoms with Gasteiger partial charge >= 0.3 is 5.51 Å². The standard InChI is InChI=1S/C14H13F3N2S/c15-14(16,17)20-13-8-6-11(7-9-13)10-18-19-12-4-2-1-3-5-12/h1-9,18-19H,10H2. The Balaban J connectivity index is 1.82. The van der Waals surface area contributed by atoms with Crippen molar-refractivity contribution in [3.05, 3.63) is 60.2 Å². The molecule has 2 aromatic carbocycles. The van der Waals surface area contributed by atoms with E-state index in [1.165, 1.54) is 12.1 Å². The van der Waals surface area contributed by atoms with Crippen molar-refractivity contribution in [1.29, 1.82) is 0 Å². The lowest BCUT2D eigenvalue weighted by atomic mass is 10.2. The molecule has 0 heterocycles. The van der Waals surface area contributed by atoms with E-state index < -0.39 is 5.51 Å². The Morgan fingerprint density at radius 2 is 1.55 bits per heavy atom. The van der Waals surface area contributed by atoms with Crippen LogP contribution in [0.1, 0.15) is 5.56 Å². The van der Waals surface area contributed by atoms with Gasteiger partial charge in [-0.15, -0.1) is 0 Å². The number of benzene rings is 2. The fourth-order valence-electron chi connectivity index (χ4n) is 1.58. The zero-order chi connectivity index (χ0) is 14.4. The fourth-order valence-corrected chi connectivity index (χ4v) is 2.12. The van der Waals surface area contributed by atoms with Gasteiger partial charge in [-0.2, -0.15) is 13.2 Å². The quantitative estimate of drug-likeness (QED) is 0.631. The Bertz CT molecular complexity index is 526. The summed E-state index contributed by atoms with van der Waals surface area (Å²) in [6.45, 7) is 0.520. The zero-order valence-corrected chi connectivity index (χ0v) is 11.3. The minimum Gasteiger partial charge on any atom is -0.321 e. The second kappa shape index (κ2) is 6.67. The Morgan fingerprint density at radius 1 is 0.900 bits per heavy atom. The molecule has 2 nitrogen and oxygen atoms in total. The molecule has 0 fully saturated rings.